The minimum absolute atomic E-state index is 0.0527. The first-order valence-electron chi connectivity index (χ1n) is 9.16. The van der Waals surface area contributed by atoms with E-state index < -0.39 is 8.32 Å². The van der Waals surface area contributed by atoms with Crippen molar-refractivity contribution in [2.45, 2.75) is 70.8 Å². The number of carbonyl (C=O) groups is 1. The number of nitriles is 1. The summed E-state index contributed by atoms with van der Waals surface area (Å²) in [5.41, 5.74) is 0.791. The molecule has 1 aromatic carbocycles. The van der Waals surface area contributed by atoms with Gasteiger partial charge in [-0.1, -0.05) is 32.4 Å². The minimum Gasteiger partial charge on any atom is -0.411 e. The van der Waals surface area contributed by atoms with Crippen LogP contribution < -0.4 is 4.90 Å². The molecule has 140 valence electrons. The number of nitrogens with zero attached hydrogens (tertiary/aromatic N) is 2. The van der Waals surface area contributed by atoms with Crippen molar-refractivity contribution in [1.29, 1.82) is 5.26 Å². The van der Waals surface area contributed by atoms with Crippen LogP contribution in [0.15, 0.2) is 18.2 Å². The van der Waals surface area contributed by atoms with E-state index in [2.05, 4.69) is 46.9 Å². The van der Waals surface area contributed by atoms with E-state index in [1.54, 1.807) is 12.1 Å². The fourth-order valence-corrected chi connectivity index (χ4v) is 5.21. The van der Waals surface area contributed by atoms with E-state index in [0.29, 0.717) is 10.6 Å². The second-order valence-corrected chi connectivity index (χ2v) is 14.3. The average Bonchev–Trinajstić information content (AvgIpc) is 3.30. The normalized spacial score (nSPS) is 24.8. The summed E-state index contributed by atoms with van der Waals surface area (Å²) in [6.07, 6.45) is 1.68. The van der Waals surface area contributed by atoms with Crippen molar-refractivity contribution in [2.24, 2.45) is 5.41 Å². The molecule has 1 heterocycles. The third-order valence-electron chi connectivity index (χ3n) is 6.40. The van der Waals surface area contributed by atoms with Gasteiger partial charge in [-0.3, -0.25) is 4.79 Å². The maximum Gasteiger partial charge on any atom is 0.236 e. The Balaban J connectivity index is 1.95. The molecule has 0 radical (unpaired) electrons. The molecule has 1 saturated heterocycles. The van der Waals surface area contributed by atoms with Gasteiger partial charge < -0.3 is 9.33 Å². The molecule has 0 N–H and O–H groups in total. The molecule has 2 aliphatic rings. The molecule has 4 nitrogen and oxygen atoms in total. The van der Waals surface area contributed by atoms with Gasteiger partial charge in [-0.15, -0.1) is 0 Å². The van der Waals surface area contributed by atoms with Crippen LogP contribution >= 0.6 is 11.6 Å². The number of anilines is 1. The zero-order chi connectivity index (χ0) is 19.5. The Labute approximate surface area is 162 Å². The summed E-state index contributed by atoms with van der Waals surface area (Å²) in [5.74, 6) is 0.134. The van der Waals surface area contributed by atoms with Crippen molar-refractivity contribution < 1.29 is 9.22 Å². The van der Waals surface area contributed by atoms with Gasteiger partial charge in [0.1, 0.15) is 6.07 Å². The molecular weight excluding hydrogens is 364 g/mol. The Bertz CT molecular complexity index is 790. The maximum absolute atomic E-state index is 13.3. The summed E-state index contributed by atoms with van der Waals surface area (Å²) >= 11 is 6.21. The van der Waals surface area contributed by atoms with Gasteiger partial charge in [0.05, 0.1) is 28.1 Å². The zero-order valence-corrected chi connectivity index (χ0v) is 18.1. The topological polar surface area (TPSA) is 53.3 Å². The van der Waals surface area contributed by atoms with E-state index in [0.717, 1.165) is 18.5 Å². The van der Waals surface area contributed by atoms with E-state index in [4.69, 9.17) is 21.3 Å². The number of carbonyl (C=O) groups excluding carboxylic acids is 1. The first kappa shape index (κ1) is 19.4. The molecule has 2 atom stereocenters. The van der Waals surface area contributed by atoms with Crippen LogP contribution in [-0.2, 0) is 9.22 Å². The van der Waals surface area contributed by atoms with E-state index >= 15 is 0 Å². The highest BCUT2D eigenvalue weighted by molar-refractivity contribution is 6.74. The van der Waals surface area contributed by atoms with Crippen LogP contribution in [0.3, 0.4) is 0 Å². The third-order valence-corrected chi connectivity index (χ3v) is 11.2. The molecule has 1 aromatic rings. The molecular formula is C20H27ClN2O2Si. The van der Waals surface area contributed by atoms with Crippen LogP contribution in [0.4, 0.5) is 5.69 Å². The lowest BCUT2D eigenvalue weighted by atomic mass is 9.99. The van der Waals surface area contributed by atoms with Gasteiger partial charge in [0, 0.05) is 5.69 Å². The second-order valence-electron chi connectivity index (χ2n) is 9.15. The number of hydrogen-bond donors (Lipinski definition) is 0. The Morgan fingerprint density at radius 1 is 1.35 bits per heavy atom. The third kappa shape index (κ3) is 2.89. The van der Waals surface area contributed by atoms with Crippen LogP contribution in [0.5, 0.6) is 0 Å². The molecule has 1 aliphatic carbocycles. The van der Waals surface area contributed by atoms with Crippen LogP contribution in [0, 0.1) is 16.7 Å². The maximum atomic E-state index is 13.3. The van der Waals surface area contributed by atoms with E-state index in [-0.39, 0.29) is 28.5 Å². The number of amides is 1. The predicted octanol–water partition coefficient (Wildman–Crippen LogP) is 5.12. The van der Waals surface area contributed by atoms with Crippen LogP contribution in [0.1, 0.15) is 46.1 Å². The molecule has 3 rings (SSSR count). The highest BCUT2D eigenvalue weighted by atomic mass is 35.5. The zero-order valence-electron chi connectivity index (χ0n) is 16.4. The quantitative estimate of drug-likeness (QED) is 0.673. The highest BCUT2D eigenvalue weighted by Gasteiger charge is 2.67. The van der Waals surface area contributed by atoms with Crippen LogP contribution in [0.25, 0.3) is 0 Å². The second kappa shape index (κ2) is 6.08. The number of halogens is 1. The average molecular weight is 391 g/mol. The Hall–Kier alpha value is -1.35. The Kier molecular flexibility index (Phi) is 4.54. The van der Waals surface area contributed by atoms with E-state index in [1.807, 2.05) is 11.0 Å². The van der Waals surface area contributed by atoms with Gasteiger partial charge in [-0.2, -0.15) is 5.26 Å². The summed E-state index contributed by atoms with van der Waals surface area (Å²) in [7, 11) is -1.99. The highest BCUT2D eigenvalue weighted by Crippen LogP contribution is 2.59. The van der Waals surface area contributed by atoms with Crippen molar-refractivity contribution >= 4 is 31.5 Å². The number of rotatable bonds is 3. The van der Waals surface area contributed by atoms with Crippen molar-refractivity contribution in [3.8, 4) is 6.07 Å². The van der Waals surface area contributed by atoms with Crippen molar-refractivity contribution in [3.63, 3.8) is 0 Å². The Morgan fingerprint density at radius 2 is 1.96 bits per heavy atom. The van der Waals surface area contributed by atoms with Crippen LogP contribution in [0.2, 0.25) is 23.2 Å². The van der Waals surface area contributed by atoms with Gasteiger partial charge in [-0.25, -0.2) is 0 Å². The molecule has 1 aliphatic heterocycles. The van der Waals surface area contributed by atoms with Gasteiger partial charge in [-0.05, 0) is 56.1 Å². The SMILES string of the molecule is C[C@@H]1[C@H](O[Si](C)(C)C(C)(C)C)C2(CC2)C(=O)N1c1ccc(C#N)c(Cl)c1. The monoisotopic (exact) mass is 390 g/mol. The fourth-order valence-electron chi connectivity index (χ4n) is 3.58. The minimum atomic E-state index is -1.99. The molecule has 6 heteroatoms. The number of hydrogen-bond acceptors (Lipinski definition) is 3. The fraction of sp³-hybridized carbons (Fsp3) is 0.600. The van der Waals surface area contributed by atoms with Crippen LogP contribution in [-0.4, -0.2) is 26.4 Å². The first-order chi connectivity index (χ1) is 11.9. The summed E-state index contributed by atoms with van der Waals surface area (Å²) in [5, 5.41) is 9.56. The van der Waals surface area contributed by atoms with E-state index in [9.17, 15) is 4.79 Å². The van der Waals surface area contributed by atoms with E-state index in [1.165, 1.54) is 0 Å². The summed E-state index contributed by atoms with van der Waals surface area (Å²) in [4.78, 5) is 15.1. The molecule has 26 heavy (non-hydrogen) atoms. The molecule has 2 fully saturated rings. The van der Waals surface area contributed by atoms with Gasteiger partial charge in [0.2, 0.25) is 5.91 Å². The van der Waals surface area contributed by atoms with Crippen molar-refractivity contribution in [2.75, 3.05) is 4.90 Å². The van der Waals surface area contributed by atoms with Gasteiger partial charge in [0.15, 0.2) is 8.32 Å². The number of benzene rings is 1. The first-order valence-corrected chi connectivity index (χ1v) is 12.4. The lowest BCUT2D eigenvalue weighted by Crippen LogP contribution is -2.48. The van der Waals surface area contributed by atoms with Crippen molar-refractivity contribution in [3.05, 3.63) is 28.8 Å². The smallest absolute Gasteiger partial charge is 0.236 e. The molecule has 1 amide bonds. The molecule has 0 unspecified atom stereocenters. The lowest BCUT2D eigenvalue weighted by Gasteiger charge is -2.40. The van der Waals surface area contributed by atoms with Gasteiger partial charge >= 0.3 is 0 Å². The largest absolute Gasteiger partial charge is 0.411 e. The van der Waals surface area contributed by atoms with Crippen molar-refractivity contribution in [1.82, 2.24) is 0 Å². The molecule has 0 aromatic heterocycles. The summed E-state index contributed by atoms with van der Waals surface area (Å²) in [6, 6.07) is 7.22. The Morgan fingerprint density at radius 3 is 2.42 bits per heavy atom. The summed E-state index contributed by atoms with van der Waals surface area (Å²) in [6.45, 7) is 13.2. The predicted molar refractivity (Wildman–Crippen MR) is 107 cm³/mol. The van der Waals surface area contributed by atoms with Gasteiger partial charge in [0.25, 0.3) is 0 Å². The summed E-state index contributed by atoms with van der Waals surface area (Å²) < 4.78 is 6.74. The molecule has 1 saturated carbocycles. The molecule has 1 spiro atoms. The standard InChI is InChI=1S/C20H27ClN2O2Si/c1-13-17(25-26(5,6)19(2,3)4)20(9-10-20)18(24)23(13)15-8-7-14(12-22)16(21)11-15/h7-8,11,13,17H,9-10H2,1-6H3/t13-,17+/m1/s1. The lowest BCUT2D eigenvalue weighted by molar-refractivity contribution is -0.123. The molecule has 0 bridgehead atoms.